The highest BCUT2D eigenvalue weighted by molar-refractivity contribution is 6.07. The van der Waals surface area contributed by atoms with E-state index in [2.05, 4.69) is 10.6 Å². The summed E-state index contributed by atoms with van der Waals surface area (Å²) in [5.74, 6) is -1.29. The Hall–Kier alpha value is -3.14. The third-order valence-corrected chi connectivity index (χ3v) is 3.78. The summed E-state index contributed by atoms with van der Waals surface area (Å²) in [4.78, 5) is 47.4. The van der Waals surface area contributed by atoms with Crippen molar-refractivity contribution in [2.45, 2.75) is 12.8 Å². The van der Waals surface area contributed by atoms with E-state index in [0.29, 0.717) is 17.0 Å². The fourth-order valence-corrected chi connectivity index (χ4v) is 2.44. The lowest BCUT2D eigenvalue weighted by atomic mass is 10.1. The number of aliphatic carboxylic acids is 1. The summed E-state index contributed by atoms with van der Waals surface area (Å²) in [6.07, 6.45) is 0.0508. The maximum atomic E-state index is 12.3. The zero-order valence-corrected chi connectivity index (χ0v) is 14.8. The average molecular weight is 379 g/mol. The van der Waals surface area contributed by atoms with Gasteiger partial charge in [-0.3, -0.25) is 24.6 Å². The highest BCUT2D eigenvalue weighted by Crippen LogP contribution is 2.30. The molecule has 10 nitrogen and oxygen atoms in total. The first kappa shape index (κ1) is 20.2. The molecule has 1 fully saturated rings. The van der Waals surface area contributed by atoms with Crippen LogP contribution in [0, 0.1) is 0 Å². The number of rotatable bonds is 9. The van der Waals surface area contributed by atoms with Crippen LogP contribution in [0.1, 0.15) is 23.2 Å². The molecule has 0 bridgehead atoms. The quantitative estimate of drug-likeness (QED) is 0.527. The highest BCUT2D eigenvalue weighted by Gasteiger charge is 2.27. The summed E-state index contributed by atoms with van der Waals surface area (Å²) in [7, 11) is 1.44. The molecule has 1 aliphatic rings. The van der Waals surface area contributed by atoms with E-state index in [1.54, 1.807) is 12.1 Å². The van der Waals surface area contributed by atoms with Crippen LogP contribution in [-0.2, 0) is 14.3 Å². The Balaban J connectivity index is 1.99. The number of urea groups is 1. The minimum absolute atomic E-state index is 0.0701. The first-order chi connectivity index (χ1) is 12.9. The number of amides is 4. The van der Waals surface area contributed by atoms with Crippen molar-refractivity contribution in [1.29, 1.82) is 0 Å². The molecule has 0 unspecified atom stereocenters. The summed E-state index contributed by atoms with van der Waals surface area (Å²) >= 11 is 0. The van der Waals surface area contributed by atoms with E-state index >= 15 is 0 Å². The average Bonchev–Trinajstić information content (AvgIpc) is 2.63. The number of hydrogen-bond acceptors (Lipinski definition) is 6. The molecule has 27 heavy (non-hydrogen) atoms. The Morgan fingerprint density at radius 1 is 1.30 bits per heavy atom. The Morgan fingerprint density at radius 2 is 2.07 bits per heavy atom. The number of benzene rings is 1. The molecule has 4 amide bonds. The first-order valence-corrected chi connectivity index (χ1v) is 8.29. The molecule has 2 rings (SSSR count). The highest BCUT2D eigenvalue weighted by atomic mass is 16.5. The Kier molecular flexibility index (Phi) is 7.12. The van der Waals surface area contributed by atoms with Gasteiger partial charge in [0, 0.05) is 25.1 Å². The third-order valence-electron chi connectivity index (χ3n) is 3.78. The lowest BCUT2D eigenvalue weighted by Gasteiger charge is -2.28. The molecule has 0 aromatic heterocycles. The second-order valence-corrected chi connectivity index (χ2v) is 5.65. The molecule has 146 valence electrons. The van der Waals surface area contributed by atoms with E-state index in [4.69, 9.17) is 14.6 Å². The van der Waals surface area contributed by atoms with Gasteiger partial charge in [0.25, 0.3) is 5.91 Å². The predicted molar refractivity (Wildman–Crippen MR) is 93.9 cm³/mol. The second kappa shape index (κ2) is 9.53. The lowest BCUT2D eigenvalue weighted by molar-refractivity contribution is -0.138. The van der Waals surface area contributed by atoms with Crippen LogP contribution in [0.25, 0.3) is 0 Å². The summed E-state index contributed by atoms with van der Waals surface area (Å²) in [6.45, 7) is 0.640. The van der Waals surface area contributed by atoms with Crippen LogP contribution in [-0.4, -0.2) is 62.3 Å². The fourth-order valence-electron chi connectivity index (χ4n) is 2.44. The number of carboxylic acid groups (broad SMARTS) is 1. The number of carbonyl (C=O) groups excluding carboxylic acids is 3. The monoisotopic (exact) mass is 379 g/mol. The third kappa shape index (κ3) is 5.68. The van der Waals surface area contributed by atoms with Crippen molar-refractivity contribution in [2.24, 2.45) is 0 Å². The minimum atomic E-state index is -0.951. The van der Waals surface area contributed by atoms with E-state index < -0.39 is 12.0 Å². The Labute approximate surface area is 155 Å². The molecule has 0 aliphatic carbocycles. The molecule has 10 heteroatoms. The van der Waals surface area contributed by atoms with E-state index in [-0.39, 0.29) is 51.0 Å². The van der Waals surface area contributed by atoms with Crippen LogP contribution < -0.4 is 20.3 Å². The molecule has 0 radical (unpaired) electrons. The minimum Gasteiger partial charge on any atom is -0.495 e. The largest absolute Gasteiger partial charge is 0.495 e. The van der Waals surface area contributed by atoms with Gasteiger partial charge in [-0.2, -0.15) is 0 Å². The molecule has 1 aliphatic heterocycles. The number of hydrogen-bond donors (Lipinski definition) is 3. The van der Waals surface area contributed by atoms with Crippen LogP contribution in [0.4, 0.5) is 10.5 Å². The normalized spacial score (nSPS) is 13.9. The van der Waals surface area contributed by atoms with Gasteiger partial charge in [0.15, 0.2) is 0 Å². The predicted octanol–water partition coefficient (Wildman–Crippen LogP) is 0.363. The van der Waals surface area contributed by atoms with E-state index in [9.17, 15) is 19.2 Å². The number of carboxylic acids is 1. The van der Waals surface area contributed by atoms with Crippen LogP contribution >= 0.6 is 0 Å². The number of anilines is 1. The van der Waals surface area contributed by atoms with Crippen molar-refractivity contribution < 1.29 is 33.8 Å². The molecule has 0 spiro atoms. The van der Waals surface area contributed by atoms with E-state index in [1.165, 1.54) is 18.1 Å². The lowest BCUT2D eigenvalue weighted by Crippen LogP contribution is -2.49. The number of ether oxygens (including phenoxy) is 2. The molecule has 1 aromatic carbocycles. The number of imide groups is 1. The van der Waals surface area contributed by atoms with Gasteiger partial charge >= 0.3 is 12.0 Å². The summed E-state index contributed by atoms with van der Waals surface area (Å²) in [5, 5.41) is 13.4. The molecule has 1 saturated heterocycles. The van der Waals surface area contributed by atoms with Gasteiger partial charge in [-0.15, -0.1) is 0 Å². The van der Waals surface area contributed by atoms with Gasteiger partial charge in [0.05, 0.1) is 32.4 Å². The smallest absolute Gasteiger partial charge is 0.328 e. The van der Waals surface area contributed by atoms with Gasteiger partial charge in [-0.05, 0) is 18.2 Å². The molecule has 0 saturated carbocycles. The standard InChI is InChI=1S/C17H21N3O7/c1-26-13-3-2-11(16(24)18-6-9-27-8-5-15(22)23)10-12(13)20-7-4-14(21)19-17(20)25/h2-3,10H,4-9H2,1H3,(H,18,24)(H,22,23)(H,19,21,25). The molecular formula is C17H21N3O7. The van der Waals surface area contributed by atoms with Crippen LogP contribution in [0.2, 0.25) is 0 Å². The van der Waals surface area contributed by atoms with Gasteiger partial charge in [0.1, 0.15) is 5.75 Å². The van der Waals surface area contributed by atoms with Crippen molar-refractivity contribution in [2.75, 3.05) is 38.3 Å². The summed E-state index contributed by atoms with van der Waals surface area (Å²) in [5.41, 5.74) is 0.689. The summed E-state index contributed by atoms with van der Waals surface area (Å²) in [6, 6.07) is 4.05. The molecule has 1 aromatic rings. The zero-order valence-electron chi connectivity index (χ0n) is 14.8. The Morgan fingerprint density at radius 3 is 2.74 bits per heavy atom. The zero-order chi connectivity index (χ0) is 19.8. The molecule has 1 heterocycles. The summed E-state index contributed by atoms with van der Waals surface area (Å²) < 4.78 is 10.3. The molecule has 0 atom stereocenters. The number of nitrogens with one attached hydrogen (secondary N) is 2. The van der Waals surface area contributed by atoms with Crippen molar-refractivity contribution in [1.82, 2.24) is 10.6 Å². The maximum absolute atomic E-state index is 12.3. The molecular weight excluding hydrogens is 358 g/mol. The second-order valence-electron chi connectivity index (χ2n) is 5.65. The topological polar surface area (TPSA) is 134 Å². The van der Waals surface area contributed by atoms with Crippen LogP contribution in [0.15, 0.2) is 18.2 Å². The van der Waals surface area contributed by atoms with Crippen LogP contribution in [0.3, 0.4) is 0 Å². The molecule has 3 N–H and O–H groups in total. The number of carbonyl (C=O) groups is 4. The Bertz CT molecular complexity index is 735. The fraction of sp³-hybridized carbons (Fsp3) is 0.412. The van der Waals surface area contributed by atoms with Gasteiger partial charge in [-0.25, -0.2) is 4.79 Å². The van der Waals surface area contributed by atoms with Crippen LogP contribution in [0.5, 0.6) is 5.75 Å². The van der Waals surface area contributed by atoms with Crippen molar-refractivity contribution in [3.8, 4) is 5.75 Å². The number of methoxy groups -OCH3 is 1. The van der Waals surface area contributed by atoms with E-state index in [0.717, 1.165) is 0 Å². The van der Waals surface area contributed by atoms with E-state index in [1.807, 2.05) is 0 Å². The number of nitrogens with zero attached hydrogens (tertiary/aromatic N) is 1. The van der Waals surface area contributed by atoms with Crippen molar-refractivity contribution in [3.05, 3.63) is 23.8 Å². The SMILES string of the molecule is COc1ccc(C(=O)NCCOCCC(=O)O)cc1N1CCC(=O)NC1=O. The van der Waals surface area contributed by atoms with Crippen molar-refractivity contribution in [3.63, 3.8) is 0 Å². The van der Waals surface area contributed by atoms with Gasteiger partial charge < -0.3 is 19.9 Å². The van der Waals surface area contributed by atoms with Gasteiger partial charge in [-0.1, -0.05) is 0 Å². The van der Waals surface area contributed by atoms with Crippen molar-refractivity contribution >= 4 is 29.5 Å². The van der Waals surface area contributed by atoms with Gasteiger partial charge in [0.2, 0.25) is 5.91 Å². The maximum Gasteiger partial charge on any atom is 0.328 e. The first-order valence-electron chi connectivity index (χ1n) is 8.29.